The molecule has 1 aliphatic rings. The van der Waals surface area contributed by atoms with E-state index in [1.54, 1.807) is 0 Å². The van der Waals surface area contributed by atoms with Crippen molar-refractivity contribution >= 4 is 6.03 Å². The Kier molecular flexibility index (Phi) is 2.85. The number of amides is 2. The van der Waals surface area contributed by atoms with Crippen molar-refractivity contribution in [2.24, 2.45) is 0 Å². The maximum absolute atomic E-state index is 12.0. The first kappa shape index (κ1) is 12.0. The largest absolute Gasteiger partial charge is 0.344 e. The Labute approximate surface area is 102 Å². The van der Waals surface area contributed by atoms with E-state index in [-0.39, 0.29) is 11.6 Å². The Morgan fingerprint density at radius 2 is 2.18 bits per heavy atom. The van der Waals surface area contributed by atoms with Crippen LogP contribution in [0.4, 0.5) is 4.79 Å². The van der Waals surface area contributed by atoms with Crippen molar-refractivity contribution in [3.05, 3.63) is 17.2 Å². The molecule has 5 heteroatoms. The molecule has 0 unspecified atom stereocenters. The molecule has 1 aromatic rings. The lowest BCUT2D eigenvalue weighted by Crippen LogP contribution is -2.49. The zero-order chi connectivity index (χ0) is 12.6. The Morgan fingerprint density at radius 1 is 1.47 bits per heavy atom. The van der Waals surface area contributed by atoms with Crippen molar-refractivity contribution in [3.8, 4) is 0 Å². The minimum atomic E-state index is -0.193. The van der Waals surface area contributed by atoms with Crippen LogP contribution in [0.15, 0.2) is 0 Å². The number of H-pyrrole nitrogens is 1. The number of carbonyl (C=O) groups excluding carboxylic acids is 1. The Balaban J connectivity index is 2.05. The number of nitrogens with zero attached hydrogens (tertiary/aromatic N) is 2. The fourth-order valence-corrected chi connectivity index (χ4v) is 2.01. The number of imidazole rings is 1. The van der Waals surface area contributed by atoms with E-state index in [4.69, 9.17) is 0 Å². The Morgan fingerprint density at radius 3 is 2.82 bits per heavy atom. The highest BCUT2D eigenvalue weighted by atomic mass is 16.2. The van der Waals surface area contributed by atoms with Crippen LogP contribution >= 0.6 is 0 Å². The van der Waals surface area contributed by atoms with Gasteiger partial charge < -0.3 is 15.2 Å². The predicted octanol–water partition coefficient (Wildman–Crippen LogP) is 1.58. The second-order valence-electron chi connectivity index (χ2n) is 5.60. The van der Waals surface area contributed by atoms with E-state index in [1.165, 1.54) is 0 Å². The van der Waals surface area contributed by atoms with Gasteiger partial charge in [0, 0.05) is 18.5 Å². The summed E-state index contributed by atoms with van der Waals surface area (Å²) in [5.41, 5.74) is 1.97. The average molecular weight is 236 g/mol. The molecule has 5 nitrogen and oxygen atoms in total. The minimum Gasteiger partial charge on any atom is -0.344 e. The van der Waals surface area contributed by atoms with Gasteiger partial charge in [-0.3, -0.25) is 0 Å². The minimum absolute atomic E-state index is 0.00426. The van der Waals surface area contributed by atoms with Gasteiger partial charge in [-0.1, -0.05) is 0 Å². The van der Waals surface area contributed by atoms with Crippen LogP contribution in [0.3, 0.4) is 0 Å². The van der Waals surface area contributed by atoms with Gasteiger partial charge in [0.2, 0.25) is 0 Å². The Bertz CT molecular complexity index is 430. The second kappa shape index (κ2) is 4.05. The molecule has 0 spiro atoms. The molecule has 2 rings (SSSR count). The zero-order valence-corrected chi connectivity index (χ0v) is 10.9. The van der Waals surface area contributed by atoms with Gasteiger partial charge in [0.1, 0.15) is 5.82 Å². The fourth-order valence-electron chi connectivity index (χ4n) is 2.01. The Hall–Kier alpha value is -1.52. The number of hydrogen-bond acceptors (Lipinski definition) is 2. The molecule has 1 aromatic heterocycles. The van der Waals surface area contributed by atoms with Crippen LogP contribution in [0, 0.1) is 6.92 Å². The van der Waals surface area contributed by atoms with Crippen LogP contribution in [-0.4, -0.2) is 33.0 Å². The molecule has 0 radical (unpaired) electrons. The van der Waals surface area contributed by atoms with Crippen LogP contribution < -0.4 is 5.32 Å². The third kappa shape index (κ3) is 2.78. The average Bonchev–Trinajstić information content (AvgIpc) is 2.53. The summed E-state index contributed by atoms with van der Waals surface area (Å²) in [6, 6.07) is -0.00426. The summed E-state index contributed by atoms with van der Waals surface area (Å²) in [6.07, 6.45) is 0.831. The molecule has 0 saturated heterocycles. The van der Waals surface area contributed by atoms with Gasteiger partial charge in [0.25, 0.3) is 0 Å². The number of nitrogens with one attached hydrogen (secondary N) is 2. The van der Waals surface area contributed by atoms with Crippen LogP contribution in [-0.2, 0) is 13.0 Å². The van der Waals surface area contributed by atoms with Crippen LogP contribution in [0.25, 0.3) is 0 Å². The molecule has 0 fully saturated rings. The van der Waals surface area contributed by atoms with Crippen molar-refractivity contribution in [1.29, 1.82) is 0 Å². The predicted molar refractivity (Wildman–Crippen MR) is 65.7 cm³/mol. The fraction of sp³-hybridized carbons (Fsp3) is 0.667. The summed E-state index contributed by atoms with van der Waals surface area (Å²) in [5.74, 6) is 0.924. The van der Waals surface area contributed by atoms with E-state index >= 15 is 0 Å². The van der Waals surface area contributed by atoms with Gasteiger partial charge in [0.15, 0.2) is 0 Å². The van der Waals surface area contributed by atoms with E-state index in [1.807, 2.05) is 32.6 Å². The summed E-state index contributed by atoms with van der Waals surface area (Å²) in [5, 5.41) is 2.98. The third-order valence-corrected chi connectivity index (χ3v) is 2.72. The standard InChI is InChI=1S/C12H20N4O/c1-8-13-9-5-6-16(7-10(9)14-8)11(17)15-12(2,3)4/h5-7H2,1-4H3,(H,13,14)(H,15,17). The van der Waals surface area contributed by atoms with Gasteiger partial charge in [-0.05, 0) is 27.7 Å². The van der Waals surface area contributed by atoms with Gasteiger partial charge in [-0.15, -0.1) is 0 Å². The molecule has 0 saturated carbocycles. The van der Waals surface area contributed by atoms with Crippen molar-refractivity contribution in [2.45, 2.75) is 46.2 Å². The van der Waals surface area contributed by atoms with E-state index in [9.17, 15) is 4.79 Å². The molecule has 0 aliphatic carbocycles. The molecule has 1 aliphatic heterocycles. The van der Waals surface area contributed by atoms with Crippen molar-refractivity contribution in [3.63, 3.8) is 0 Å². The molecular weight excluding hydrogens is 216 g/mol. The maximum atomic E-state index is 12.0. The molecule has 2 heterocycles. The normalized spacial score (nSPS) is 15.6. The molecule has 0 atom stereocenters. The highest BCUT2D eigenvalue weighted by Gasteiger charge is 2.25. The second-order valence-corrected chi connectivity index (χ2v) is 5.60. The molecule has 0 aromatic carbocycles. The lowest BCUT2D eigenvalue weighted by molar-refractivity contribution is 0.182. The molecule has 2 N–H and O–H groups in total. The molecule has 0 bridgehead atoms. The van der Waals surface area contributed by atoms with Gasteiger partial charge in [0.05, 0.1) is 17.9 Å². The maximum Gasteiger partial charge on any atom is 0.318 e. The number of rotatable bonds is 0. The van der Waals surface area contributed by atoms with E-state index in [0.29, 0.717) is 6.54 Å². The number of carbonyl (C=O) groups is 1. The monoisotopic (exact) mass is 236 g/mol. The summed E-state index contributed by atoms with van der Waals surface area (Å²) in [6.45, 7) is 9.26. The summed E-state index contributed by atoms with van der Waals surface area (Å²) in [4.78, 5) is 21.5. The lowest BCUT2D eigenvalue weighted by atomic mass is 10.1. The number of urea groups is 1. The summed E-state index contributed by atoms with van der Waals surface area (Å²) < 4.78 is 0. The van der Waals surface area contributed by atoms with Crippen LogP contribution in [0.5, 0.6) is 0 Å². The number of aryl methyl sites for hydroxylation is 1. The summed E-state index contributed by atoms with van der Waals surface area (Å²) in [7, 11) is 0. The first-order valence-corrected chi connectivity index (χ1v) is 5.96. The van der Waals surface area contributed by atoms with Gasteiger partial charge in [-0.25, -0.2) is 9.78 Å². The molecular formula is C12H20N4O. The number of aromatic nitrogens is 2. The number of fused-ring (bicyclic) bond motifs is 1. The molecule has 94 valence electrons. The highest BCUT2D eigenvalue weighted by molar-refractivity contribution is 5.75. The lowest BCUT2D eigenvalue weighted by Gasteiger charge is -2.30. The molecule has 2 amide bonds. The number of aromatic amines is 1. The van der Waals surface area contributed by atoms with E-state index in [0.717, 1.165) is 30.2 Å². The van der Waals surface area contributed by atoms with Crippen LogP contribution in [0.1, 0.15) is 38.0 Å². The topological polar surface area (TPSA) is 61.0 Å². The number of hydrogen-bond donors (Lipinski definition) is 2. The van der Waals surface area contributed by atoms with E-state index < -0.39 is 0 Å². The smallest absolute Gasteiger partial charge is 0.318 e. The van der Waals surface area contributed by atoms with Crippen molar-refractivity contribution in [1.82, 2.24) is 20.2 Å². The third-order valence-electron chi connectivity index (χ3n) is 2.72. The van der Waals surface area contributed by atoms with Crippen molar-refractivity contribution < 1.29 is 4.79 Å². The van der Waals surface area contributed by atoms with Gasteiger partial charge in [-0.2, -0.15) is 0 Å². The molecule has 17 heavy (non-hydrogen) atoms. The first-order chi connectivity index (χ1) is 7.85. The van der Waals surface area contributed by atoms with Crippen LogP contribution in [0.2, 0.25) is 0 Å². The zero-order valence-electron chi connectivity index (χ0n) is 10.9. The first-order valence-electron chi connectivity index (χ1n) is 5.96. The van der Waals surface area contributed by atoms with E-state index in [2.05, 4.69) is 15.3 Å². The van der Waals surface area contributed by atoms with Gasteiger partial charge >= 0.3 is 6.03 Å². The quantitative estimate of drug-likeness (QED) is 0.718. The highest BCUT2D eigenvalue weighted by Crippen LogP contribution is 2.16. The van der Waals surface area contributed by atoms with Crippen molar-refractivity contribution in [2.75, 3.05) is 6.54 Å². The SMILES string of the molecule is Cc1nc2c([nH]1)CN(C(=O)NC(C)(C)C)CC2. The summed E-state index contributed by atoms with van der Waals surface area (Å²) >= 11 is 0.